The molecule has 0 aromatic rings. The summed E-state index contributed by atoms with van der Waals surface area (Å²) in [5.41, 5.74) is 1.11. The monoisotopic (exact) mass is 182 g/mol. The molecule has 0 amide bonds. The second-order valence-electron chi connectivity index (χ2n) is 3.90. The van der Waals surface area contributed by atoms with Crippen LogP contribution < -0.4 is 0 Å². The minimum atomic E-state index is 0.268. The molecule has 0 heterocycles. The molecule has 0 aromatic carbocycles. The van der Waals surface area contributed by atoms with E-state index in [1.54, 1.807) is 6.08 Å². The molecule has 0 spiro atoms. The van der Waals surface area contributed by atoms with Crippen molar-refractivity contribution in [1.82, 2.24) is 0 Å². The Bertz CT molecular complexity index is 170. The van der Waals surface area contributed by atoms with Crippen LogP contribution in [0.4, 0.5) is 0 Å². The number of allylic oxidation sites excluding steroid dienone is 2. The van der Waals surface area contributed by atoms with Crippen molar-refractivity contribution in [2.45, 2.75) is 53.4 Å². The minimum absolute atomic E-state index is 0.268. The number of hydrogen-bond donors (Lipinski definition) is 0. The van der Waals surface area contributed by atoms with Gasteiger partial charge < -0.3 is 0 Å². The Morgan fingerprint density at radius 3 is 1.92 bits per heavy atom. The van der Waals surface area contributed by atoms with Crippen molar-refractivity contribution < 1.29 is 4.79 Å². The fraction of sp³-hybridized carbons (Fsp3) is 0.750. The number of carbonyl (C=O) groups excluding carboxylic acids is 1. The minimum Gasteiger partial charge on any atom is -0.295 e. The Labute approximate surface area is 82.2 Å². The van der Waals surface area contributed by atoms with E-state index in [2.05, 4.69) is 13.8 Å². The summed E-state index contributed by atoms with van der Waals surface area (Å²) in [5, 5.41) is 0. The Morgan fingerprint density at radius 1 is 1.15 bits per heavy atom. The largest absolute Gasteiger partial charge is 0.295 e. The second-order valence-corrected chi connectivity index (χ2v) is 3.90. The average molecular weight is 182 g/mol. The van der Waals surface area contributed by atoms with E-state index in [9.17, 15) is 4.79 Å². The molecule has 0 saturated heterocycles. The first-order chi connectivity index (χ1) is 6.11. The highest BCUT2D eigenvalue weighted by Gasteiger charge is 2.13. The summed E-state index contributed by atoms with van der Waals surface area (Å²) in [5.74, 6) is 0.591. The third-order valence-corrected chi connectivity index (χ3v) is 2.11. The zero-order valence-electron chi connectivity index (χ0n) is 9.39. The van der Waals surface area contributed by atoms with Gasteiger partial charge in [-0.15, -0.1) is 0 Å². The topological polar surface area (TPSA) is 17.1 Å². The van der Waals surface area contributed by atoms with E-state index in [4.69, 9.17) is 0 Å². The van der Waals surface area contributed by atoms with Crippen LogP contribution in [0.5, 0.6) is 0 Å². The number of ketones is 1. The molecule has 76 valence electrons. The molecule has 0 atom stereocenters. The Kier molecular flexibility index (Phi) is 6.56. The Morgan fingerprint density at radius 2 is 1.62 bits per heavy atom. The fourth-order valence-electron chi connectivity index (χ4n) is 1.53. The quantitative estimate of drug-likeness (QED) is 0.572. The van der Waals surface area contributed by atoms with Gasteiger partial charge in [0.15, 0.2) is 5.78 Å². The molecule has 0 N–H and O–H groups in total. The van der Waals surface area contributed by atoms with E-state index < -0.39 is 0 Å². The Hall–Kier alpha value is -0.590. The molecule has 1 heteroatoms. The third-order valence-electron chi connectivity index (χ3n) is 2.11. The molecular weight excluding hydrogens is 160 g/mol. The van der Waals surface area contributed by atoms with E-state index in [1.807, 2.05) is 13.8 Å². The first-order valence-corrected chi connectivity index (χ1v) is 5.30. The van der Waals surface area contributed by atoms with Crippen LogP contribution in [-0.2, 0) is 4.79 Å². The van der Waals surface area contributed by atoms with Gasteiger partial charge in [-0.1, -0.05) is 32.3 Å². The highest BCUT2D eigenvalue weighted by atomic mass is 16.1. The van der Waals surface area contributed by atoms with E-state index in [0.29, 0.717) is 5.78 Å². The van der Waals surface area contributed by atoms with Crippen LogP contribution in [0.1, 0.15) is 53.4 Å². The molecule has 1 nitrogen and oxygen atoms in total. The van der Waals surface area contributed by atoms with Crippen LogP contribution in [0.3, 0.4) is 0 Å². The molecule has 0 fully saturated rings. The van der Waals surface area contributed by atoms with Crippen molar-refractivity contribution in [3.63, 3.8) is 0 Å². The molecule has 0 saturated carbocycles. The summed E-state index contributed by atoms with van der Waals surface area (Å²) in [4.78, 5) is 11.7. The molecule has 0 unspecified atom stereocenters. The second kappa shape index (κ2) is 6.88. The predicted octanol–water partition coefficient (Wildman–Crippen LogP) is 3.74. The summed E-state index contributed by atoms with van der Waals surface area (Å²) in [7, 11) is 0. The van der Waals surface area contributed by atoms with Gasteiger partial charge in [-0.25, -0.2) is 0 Å². The van der Waals surface area contributed by atoms with Gasteiger partial charge in [-0.2, -0.15) is 0 Å². The zero-order valence-corrected chi connectivity index (χ0v) is 9.39. The lowest BCUT2D eigenvalue weighted by Gasteiger charge is -2.11. The van der Waals surface area contributed by atoms with Crippen molar-refractivity contribution in [3.05, 3.63) is 11.6 Å². The predicted molar refractivity (Wildman–Crippen MR) is 57.7 cm³/mol. The van der Waals surface area contributed by atoms with Crippen LogP contribution >= 0.6 is 0 Å². The van der Waals surface area contributed by atoms with Gasteiger partial charge in [0, 0.05) is 5.92 Å². The summed E-state index contributed by atoms with van der Waals surface area (Å²) < 4.78 is 0. The van der Waals surface area contributed by atoms with Crippen LogP contribution in [0, 0.1) is 5.92 Å². The van der Waals surface area contributed by atoms with Crippen molar-refractivity contribution in [3.8, 4) is 0 Å². The SMILES string of the molecule is CCCC(CCC)C(=O)C=C(C)C. The molecule has 0 aromatic heterocycles. The lowest BCUT2D eigenvalue weighted by atomic mass is 9.93. The maximum absolute atomic E-state index is 11.7. The Balaban J connectivity index is 4.19. The lowest BCUT2D eigenvalue weighted by Crippen LogP contribution is -2.11. The highest BCUT2D eigenvalue weighted by molar-refractivity contribution is 5.92. The van der Waals surface area contributed by atoms with Crippen LogP contribution in [0.2, 0.25) is 0 Å². The van der Waals surface area contributed by atoms with E-state index in [0.717, 1.165) is 31.3 Å². The van der Waals surface area contributed by atoms with Gasteiger partial charge in [0.1, 0.15) is 0 Å². The summed E-state index contributed by atoms with van der Waals surface area (Å²) in [6.45, 7) is 8.23. The fourth-order valence-corrected chi connectivity index (χ4v) is 1.53. The number of rotatable bonds is 6. The normalized spacial score (nSPS) is 10.2. The number of hydrogen-bond acceptors (Lipinski definition) is 1. The zero-order chi connectivity index (χ0) is 10.3. The molecule has 0 aliphatic rings. The molecule has 0 aliphatic heterocycles. The van der Waals surface area contributed by atoms with Crippen LogP contribution in [0.25, 0.3) is 0 Å². The number of carbonyl (C=O) groups is 1. The first kappa shape index (κ1) is 12.4. The smallest absolute Gasteiger partial charge is 0.158 e. The average Bonchev–Trinajstić information content (AvgIpc) is 2.02. The first-order valence-electron chi connectivity index (χ1n) is 5.30. The van der Waals surface area contributed by atoms with E-state index in [-0.39, 0.29) is 5.92 Å². The van der Waals surface area contributed by atoms with E-state index >= 15 is 0 Å². The van der Waals surface area contributed by atoms with Gasteiger partial charge in [0.05, 0.1) is 0 Å². The van der Waals surface area contributed by atoms with Gasteiger partial charge in [-0.3, -0.25) is 4.79 Å². The maximum atomic E-state index is 11.7. The lowest BCUT2D eigenvalue weighted by molar-refractivity contribution is -0.118. The molecule has 0 radical (unpaired) electrons. The molecule has 13 heavy (non-hydrogen) atoms. The van der Waals surface area contributed by atoms with Crippen LogP contribution in [0.15, 0.2) is 11.6 Å². The summed E-state index contributed by atoms with van der Waals surface area (Å²) >= 11 is 0. The van der Waals surface area contributed by atoms with Gasteiger partial charge in [0.25, 0.3) is 0 Å². The summed E-state index contributed by atoms with van der Waals surface area (Å²) in [6, 6.07) is 0. The van der Waals surface area contributed by atoms with Crippen molar-refractivity contribution in [1.29, 1.82) is 0 Å². The maximum Gasteiger partial charge on any atom is 0.158 e. The summed E-state index contributed by atoms with van der Waals surface area (Å²) in [6.07, 6.45) is 6.07. The van der Waals surface area contributed by atoms with E-state index in [1.165, 1.54) is 0 Å². The highest BCUT2D eigenvalue weighted by Crippen LogP contribution is 2.15. The van der Waals surface area contributed by atoms with Crippen LogP contribution in [-0.4, -0.2) is 5.78 Å². The van der Waals surface area contributed by atoms with Gasteiger partial charge in [-0.05, 0) is 32.8 Å². The molecule has 0 bridgehead atoms. The molecule has 0 aliphatic carbocycles. The van der Waals surface area contributed by atoms with Gasteiger partial charge in [0.2, 0.25) is 0 Å². The standard InChI is InChI=1S/C12H22O/c1-5-7-11(8-6-2)12(13)9-10(3)4/h9,11H,5-8H2,1-4H3. The van der Waals surface area contributed by atoms with Crippen molar-refractivity contribution >= 4 is 5.78 Å². The molecular formula is C12H22O. The third kappa shape index (κ3) is 5.62. The van der Waals surface area contributed by atoms with Crippen molar-refractivity contribution in [2.24, 2.45) is 5.92 Å². The van der Waals surface area contributed by atoms with Gasteiger partial charge >= 0.3 is 0 Å². The molecule has 0 rings (SSSR count). The van der Waals surface area contributed by atoms with Crippen molar-refractivity contribution in [2.75, 3.05) is 0 Å².